The first-order valence-electron chi connectivity index (χ1n) is 7.77. The van der Waals surface area contributed by atoms with Crippen molar-refractivity contribution in [1.82, 2.24) is 5.32 Å². The molecule has 0 fully saturated rings. The van der Waals surface area contributed by atoms with Crippen molar-refractivity contribution in [1.29, 1.82) is 0 Å². The minimum Gasteiger partial charge on any atom is -0.352 e. The van der Waals surface area contributed by atoms with E-state index in [-0.39, 0.29) is 17.5 Å². The summed E-state index contributed by atoms with van der Waals surface area (Å²) < 4.78 is 35.5. The number of hydrogen-bond acceptors (Lipinski definition) is 4. The molecule has 0 spiro atoms. The number of hydrogen-bond donors (Lipinski definition) is 1. The number of nitrogens with one attached hydrogen (secondary N) is 1. The number of carbonyl (C=O) groups is 1. The topological polar surface area (TPSA) is 63.2 Å². The Balaban J connectivity index is 1.76. The highest BCUT2D eigenvalue weighted by molar-refractivity contribution is 7.99. The maximum absolute atomic E-state index is 12.8. The molecule has 0 heterocycles. The monoisotopic (exact) mass is 381 g/mol. The fraction of sp³-hybridized carbons (Fsp3) is 0.278. The molecule has 0 unspecified atom stereocenters. The summed E-state index contributed by atoms with van der Waals surface area (Å²) in [6, 6.07) is 12.9. The van der Waals surface area contributed by atoms with Crippen LogP contribution in [0.5, 0.6) is 0 Å². The molecule has 0 aliphatic heterocycles. The highest BCUT2D eigenvalue weighted by atomic mass is 32.2. The fourth-order valence-electron chi connectivity index (χ4n) is 2.20. The van der Waals surface area contributed by atoms with Gasteiger partial charge in [-0.15, -0.1) is 11.8 Å². The second-order valence-electron chi connectivity index (χ2n) is 5.68. The van der Waals surface area contributed by atoms with Crippen LogP contribution in [0, 0.1) is 5.82 Å². The van der Waals surface area contributed by atoms with Gasteiger partial charge in [-0.05, 0) is 54.1 Å². The Morgan fingerprint density at radius 3 is 2.56 bits per heavy atom. The summed E-state index contributed by atoms with van der Waals surface area (Å²) in [7, 11) is -3.13. The summed E-state index contributed by atoms with van der Waals surface area (Å²) >= 11 is 1.60. The number of thioether (sulfide) groups is 1. The van der Waals surface area contributed by atoms with Gasteiger partial charge < -0.3 is 5.32 Å². The van der Waals surface area contributed by atoms with Crippen LogP contribution in [-0.2, 0) is 15.6 Å². The van der Waals surface area contributed by atoms with E-state index in [4.69, 9.17) is 0 Å². The van der Waals surface area contributed by atoms with E-state index in [1.807, 2.05) is 0 Å². The van der Waals surface area contributed by atoms with Crippen LogP contribution in [0.15, 0.2) is 53.4 Å². The Morgan fingerprint density at radius 2 is 1.88 bits per heavy atom. The van der Waals surface area contributed by atoms with E-state index < -0.39 is 9.84 Å². The van der Waals surface area contributed by atoms with E-state index in [0.29, 0.717) is 17.7 Å². The second kappa shape index (κ2) is 9.01. The molecule has 0 aliphatic carbocycles. The van der Waals surface area contributed by atoms with Crippen LogP contribution in [0.1, 0.15) is 22.3 Å². The third-order valence-electron chi connectivity index (χ3n) is 3.31. The molecule has 1 N–H and O–H groups in total. The minimum absolute atomic E-state index is 0.0809. The number of sulfone groups is 1. The van der Waals surface area contributed by atoms with Crippen LogP contribution in [0.25, 0.3) is 0 Å². The molecule has 0 aromatic heterocycles. The molecular formula is C18H20FNO3S2. The molecule has 0 atom stereocenters. The molecule has 4 nitrogen and oxygen atoms in total. The summed E-state index contributed by atoms with van der Waals surface area (Å²) in [5.74, 6) is 0.250. The van der Waals surface area contributed by atoms with Crippen LogP contribution in [0.2, 0.25) is 0 Å². The molecule has 2 aromatic carbocycles. The Labute approximate surface area is 151 Å². The van der Waals surface area contributed by atoms with Crippen molar-refractivity contribution in [2.45, 2.75) is 17.1 Å². The normalized spacial score (nSPS) is 11.3. The van der Waals surface area contributed by atoms with Gasteiger partial charge in [0.25, 0.3) is 5.91 Å². The lowest BCUT2D eigenvalue weighted by Crippen LogP contribution is -2.24. The van der Waals surface area contributed by atoms with Crippen LogP contribution in [-0.4, -0.2) is 32.9 Å². The van der Waals surface area contributed by atoms with Crippen molar-refractivity contribution in [3.8, 4) is 0 Å². The fourth-order valence-corrected chi connectivity index (χ4v) is 3.84. The zero-order valence-electron chi connectivity index (χ0n) is 13.9. The summed E-state index contributed by atoms with van der Waals surface area (Å²) in [6.07, 6.45) is 1.94. The zero-order chi connectivity index (χ0) is 18.3. The summed E-state index contributed by atoms with van der Waals surface area (Å²) in [4.78, 5) is 13.1. The van der Waals surface area contributed by atoms with Gasteiger partial charge in [0.15, 0.2) is 9.84 Å². The van der Waals surface area contributed by atoms with Gasteiger partial charge in [0.2, 0.25) is 0 Å². The Bertz CT molecular complexity index is 820. The highest BCUT2D eigenvalue weighted by Gasteiger charge is 2.09. The number of benzene rings is 2. The number of carbonyl (C=O) groups excluding carboxylic acids is 1. The lowest BCUT2D eigenvalue weighted by molar-refractivity contribution is 0.0953. The van der Waals surface area contributed by atoms with E-state index in [0.717, 1.165) is 17.1 Å². The molecule has 0 radical (unpaired) electrons. The van der Waals surface area contributed by atoms with Crippen LogP contribution < -0.4 is 5.32 Å². The quantitative estimate of drug-likeness (QED) is 0.563. The first-order valence-corrected chi connectivity index (χ1v) is 10.8. The second-order valence-corrected chi connectivity index (χ2v) is 8.99. The lowest BCUT2D eigenvalue weighted by Gasteiger charge is -2.07. The zero-order valence-corrected chi connectivity index (χ0v) is 15.5. The SMILES string of the molecule is CS(=O)(=O)Cc1cccc(C(=O)NCCCSc2ccc(F)cc2)c1. The van der Waals surface area contributed by atoms with Crippen molar-refractivity contribution >= 4 is 27.5 Å². The van der Waals surface area contributed by atoms with Gasteiger partial charge in [-0.1, -0.05) is 12.1 Å². The molecule has 2 rings (SSSR count). The minimum atomic E-state index is -3.13. The molecule has 2 aromatic rings. The molecule has 134 valence electrons. The predicted molar refractivity (Wildman–Crippen MR) is 99.1 cm³/mol. The summed E-state index contributed by atoms with van der Waals surface area (Å²) in [5.41, 5.74) is 1.05. The molecule has 25 heavy (non-hydrogen) atoms. The van der Waals surface area contributed by atoms with E-state index >= 15 is 0 Å². The summed E-state index contributed by atoms with van der Waals surface area (Å²) in [6.45, 7) is 0.517. The lowest BCUT2D eigenvalue weighted by atomic mass is 10.1. The highest BCUT2D eigenvalue weighted by Crippen LogP contribution is 2.18. The van der Waals surface area contributed by atoms with Crippen LogP contribution in [0.3, 0.4) is 0 Å². The maximum Gasteiger partial charge on any atom is 0.251 e. The molecule has 0 aliphatic rings. The van der Waals surface area contributed by atoms with E-state index in [1.165, 1.54) is 18.4 Å². The van der Waals surface area contributed by atoms with Crippen LogP contribution >= 0.6 is 11.8 Å². The average Bonchev–Trinajstić information content (AvgIpc) is 2.55. The molecule has 0 bridgehead atoms. The standard InChI is InChI=1S/C18H20FNO3S2/c1-25(22,23)13-14-4-2-5-15(12-14)18(21)20-10-3-11-24-17-8-6-16(19)7-9-17/h2,4-9,12H,3,10-11,13H2,1H3,(H,20,21). The van der Waals surface area contributed by atoms with Gasteiger partial charge in [-0.25, -0.2) is 12.8 Å². The van der Waals surface area contributed by atoms with Gasteiger partial charge in [0.1, 0.15) is 5.82 Å². The molecular weight excluding hydrogens is 361 g/mol. The third kappa shape index (κ3) is 7.27. The van der Waals surface area contributed by atoms with Gasteiger partial charge in [-0.3, -0.25) is 4.79 Å². The number of amides is 1. The summed E-state index contributed by atoms with van der Waals surface area (Å²) in [5, 5.41) is 2.82. The van der Waals surface area contributed by atoms with Gasteiger partial charge in [0.05, 0.1) is 5.75 Å². The van der Waals surface area contributed by atoms with Gasteiger partial charge in [-0.2, -0.15) is 0 Å². The van der Waals surface area contributed by atoms with E-state index in [2.05, 4.69) is 5.32 Å². The first kappa shape index (κ1) is 19.5. The largest absolute Gasteiger partial charge is 0.352 e. The van der Waals surface area contributed by atoms with Crippen molar-refractivity contribution in [3.05, 3.63) is 65.5 Å². The molecule has 0 saturated carbocycles. The van der Waals surface area contributed by atoms with E-state index in [9.17, 15) is 17.6 Å². The van der Waals surface area contributed by atoms with Crippen molar-refractivity contribution in [2.75, 3.05) is 18.6 Å². The Morgan fingerprint density at radius 1 is 1.16 bits per heavy atom. The average molecular weight is 381 g/mol. The number of halogens is 1. The van der Waals surface area contributed by atoms with Crippen LogP contribution in [0.4, 0.5) is 4.39 Å². The molecule has 0 saturated heterocycles. The van der Waals surface area contributed by atoms with E-state index in [1.54, 1.807) is 48.2 Å². The predicted octanol–water partition coefficient (Wildman–Crippen LogP) is 3.28. The van der Waals surface area contributed by atoms with Gasteiger partial charge in [0, 0.05) is 23.3 Å². The van der Waals surface area contributed by atoms with Gasteiger partial charge >= 0.3 is 0 Å². The first-order chi connectivity index (χ1) is 11.8. The van der Waals surface area contributed by atoms with Crippen molar-refractivity contribution in [2.24, 2.45) is 0 Å². The van der Waals surface area contributed by atoms with Crippen molar-refractivity contribution in [3.63, 3.8) is 0 Å². The smallest absolute Gasteiger partial charge is 0.251 e. The Hall–Kier alpha value is -1.86. The Kier molecular flexibility index (Phi) is 7.01. The van der Waals surface area contributed by atoms with Crippen molar-refractivity contribution < 1.29 is 17.6 Å². The molecule has 7 heteroatoms. The third-order valence-corrected chi connectivity index (χ3v) is 5.26. The maximum atomic E-state index is 12.8. The molecule has 1 amide bonds. The number of rotatable bonds is 8.